The van der Waals surface area contributed by atoms with Crippen molar-refractivity contribution in [1.82, 2.24) is 0 Å². The summed E-state index contributed by atoms with van der Waals surface area (Å²) in [4.78, 5) is 25.9. The van der Waals surface area contributed by atoms with Crippen LogP contribution in [0.25, 0.3) is 0 Å². The predicted octanol–water partition coefficient (Wildman–Crippen LogP) is 4.19. The van der Waals surface area contributed by atoms with Gasteiger partial charge in [-0.25, -0.2) is 0 Å². The Morgan fingerprint density at radius 1 is 0.955 bits per heavy atom. The normalized spacial score (nSPS) is 27.7. The van der Waals surface area contributed by atoms with Gasteiger partial charge in [0, 0.05) is 0 Å². The van der Waals surface area contributed by atoms with Crippen LogP contribution in [0, 0.1) is 10.8 Å². The van der Waals surface area contributed by atoms with Gasteiger partial charge in [-0.1, -0.05) is 77.5 Å². The number of benzene rings is 1. The van der Waals surface area contributed by atoms with Crippen LogP contribution >= 0.6 is 0 Å². The Morgan fingerprint density at radius 2 is 1.55 bits per heavy atom. The number of carbonyl (C=O) groups excluding carboxylic acids is 2. The first-order valence-electron chi connectivity index (χ1n) is 7.93. The second-order valence-corrected chi connectivity index (χ2v) is 8.62. The van der Waals surface area contributed by atoms with Crippen LogP contribution in [-0.2, 0) is 15.0 Å². The molecule has 2 bridgehead atoms. The fraction of sp³-hybridized carbons (Fsp3) is 0.500. The maximum Gasteiger partial charge on any atom is 0.214 e. The molecule has 0 saturated heterocycles. The molecule has 0 unspecified atom stereocenters. The Kier molecular flexibility index (Phi) is 2.89. The largest absolute Gasteiger partial charge is 0.290 e. The Labute approximate surface area is 132 Å². The summed E-state index contributed by atoms with van der Waals surface area (Å²) in [5.41, 5.74) is 1.81. The van der Waals surface area contributed by atoms with Gasteiger partial charge in [0.05, 0.1) is 11.3 Å². The summed E-state index contributed by atoms with van der Waals surface area (Å²) in [6.45, 7) is 12.5. The molecule has 2 nitrogen and oxygen atoms in total. The molecule has 3 aliphatic carbocycles. The summed E-state index contributed by atoms with van der Waals surface area (Å²) in [6.07, 6.45) is 2.11. The lowest BCUT2D eigenvalue weighted by Gasteiger charge is -2.52. The zero-order valence-corrected chi connectivity index (χ0v) is 14.3. The highest BCUT2D eigenvalue weighted by atomic mass is 16.2. The molecule has 0 spiro atoms. The van der Waals surface area contributed by atoms with Crippen LogP contribution in [0.5, 0.6) is 0 Å². The summed E-state index contributed by atoms with van der Waals surface area (Å²) in [5, 5.41) is 0. The lowest BCUT2D eigenvalue weighted by Crippen LogP contribution is -2.58. The monoisotopic (exact) mass is 296 g/mol. The average molecular weight is 296 g/mol. The minimum Gasteiger partial charge on any atom is -0.290 e. The van der Waals surface area contributed by atoms with Gasteiger partial charge in [-0.05, 0) is 22.0 Å². The fourth-order valence-electron chi connectivity index (χ4n) is 4.08. The molecule has 4 rings (SSSR count). The SMILES string of the molecule is CC(C)(C)C1=C[C@@]2(C(C)(C)C)C(=O)C(=O)[C@H]1c1ccccc12. The molecule has 1 aromatic rings. The van der Waals surface area contributed by atoms with Crippen LogP contribution in [0.15, 0.2) is 35.9 Å². The smallest absolute Gasteiger partial charge is 0.214 e. The molecule has 0 fully saturated rings. The van der Waals surface area contributed by atoms with Crippen molar-refractivity contribution in [3.63, 3.8) is 0 Å². The minimum absolute atomic E-state index is 0.134. The molecule has 0 N–H and O–H groups in total. The number of hydrogen-bond donors (Lipinski definition) is 0. The van der Waals surface area contributed by atoms with E-state index in [1.165, 1.54) is 0 Å². The summed E-state index contributed by atoms with van der Waals surface area (Å²) in [7, 11) is 0. The number of fused-ring (bicyclic) bond motifs is 1. The molecule has 2 atom stereocenters. The third kappa shape index (κ3) is 1.67. The van der Waals surface area contributed by atoms with E-state index < -0.39 is 11.3 Å². The average Bonchev–Trinajstić information content (AvgIpc) is 2.40. The van der Waals surface area contributed by atoms with Gasteiger partial charge in [0.25, 0.3) is 0 Å². The zero-order valence-electron chi connectivity index (χ0n) is 14.3. The van der Waals surface area contributed by atoms with E-state index in [1.807, 2.05) is 24.3 Å². The molecule has 0 aromatic heterocycles. The van der Waals surface area contributed by atoms with Crippen molar-refractivity contribution in [2.75, 3.05) is 0 Å². The quantitative estimate of drug-likeness (QED) is 0.531. The van der Waals surface area contributed by atoms with Crippen LogP contribution in [0.2, 0.25) is 0 Å². The molecule has 1 aromatic carbocycles. The Hall–Kier alpha value is -1.70. The van der Waals surface area contributed by atoms with Crippen molar-refractivity contribution in [3.8, 4) is 0 Å². The number of rotatable bonds is 0. The van der Waals surface area contributed by atoms with Crippen LogP contribution in [0.1, 0.15) is 58.6 Å². The molecular weight excluding hydrogens is 272 g/mol. The van der Waals surface area contributed by atoms with E-state index in [2.05, 4.69) is 47.6 Å². The molecule has 0 radical (unpaired) electrons. The van der Waals surface area contributed by atoms with Crippen LogP contribution < -0.4 is 0 Å². The summed E-state index contributed by atoms with van der Waals surface area (Å²) in [5.74, 6) is -0.870. The lowest BCUT2D eigenvalue weighted by molar-refractivity contribution is -0.143. The van der Waals surface area contributed by atoms with Crippen molar-refractivity contribution >= 4 is 11.6 Å². The maximum absolute atomic E-state index is 13.0. The van der Waals surface area contributed by atoms with Crippen molar-refractivity contribution in [3.05, 3.63) is 47.0 Å². The van der Waals surface area contributed by atoms with Crippen LogP contribution in [-0.4, -0.2) is 11.6 Å². The number of ketones is 2. The van der Waals surface area contributed by atoms with Gasteiger partial charge in [0.15, 0.2) is 0 Å². The predicted molar refractivity (Wildman–Crippen MR) is 87.9 cm³/mol. The highest BCUT2D eigenvalue weighted by molar-refractivity contribution is 6.46. The van der Waals surface area contributed by atoms with E-state index in [0.29, 0.717) is 0 Å². The lowest BCUT2D eigenvalue weighted by atomic mass is 9.48. The first-order chi connectivity index (χ1) is 10.0. The standard InChI is InChI=1S/C20H24O2/c1-18(2,3)14-11-20(19(4,5)6)13-10-8-7-9-12(13)15(14)16(21)17(20)22/h7-11,15H,1-6H3/t15-,20-/m0/s1. The van der Waals surface area contributed by atoms with E-state index >= 15 is 0 Å². The highest BCUT2D eigenvalue weighted by Gasteiger charge is 2.61. The molecule has 0 saturated carbocycles. The molecule has 2 heteroatoms. The third-order valence-electron chi connectivity index (χ3n) is 5.27. The molecule has 0 amide bonds. The Morgan fingerprint density at radius 3 is 2.09 bits per heavy atom. The van der Waals surface area contributed by atoms with Gasteiger partial charge >= 0.3 is 0 Å². The van der Waals surface area contributed by atoms with Crippen molar-refractivity contribution in [2.45, 2.75) is 52.9 Å². The van der Waals surface area contributed by atoms with E-state index in [0.717, 1.165) is 16.7 Å². The first-order valence-corrected chi connectivity index (χ1v) is 7.93. The van der Waals surface area contributed by atoms with Crippen molar-refractivity contribution in [1.29, 1.82) is 0 Å². The molecule has 116 valence electrons. The Balaban J connectivity index is 2.45. The summed E-state index contributed by atoms with van der Waals surface area (Å²) >= 11 is 0. The van der Waals surface area contributed by atoms with Gasteiger partial charge in [0.1, 0.15) is 0 Å². The molecule has 0 aliphatic heterocycles. The highest BCUT2D eigenvalue weighted by Crippen LogP contribution is 2.58. The van der Waals surface area contributed by atoms with E-state index in [9.17, 15) is 9.59 Å². The number of hydrogen-bond acceptors (Lipinski definition) is 2. The molecule has 0 heterocycles. The van der Waals surface area contributed by atoms with E-state index in [4.69, 9.17) is 0 Å². The van der Waals surface area contributed by atoms with Crippen LogP contribution in [0.4, 0.5) is 0 Å². The minimum atomic E-state index is -0.835. The molecule has 3 aliphatic rings. The topological polar surface area (TPSA) is 34.1 Å². The summed E-state index contributed by atoms with van der Waals surface area (Å²) in [6, 6.07) is 7.97. The van der Waals surface area contributed by atoms with E-state index in [1.54, 1.807) is 0 Å². The third-order valence-corrected chi connectivity index (χ3v) is 5.27. The fourth-order valence-corrected chi connectivity index (χ4v) is 4.08. The first kappa shape index (κ1) is 15.2. The van der Waals surface area contributed by atoms with Gasteiger partial charge in [0.2, 0.25) is 11.6 Å². The molecular formula is C20H24O2. The van der Waals surface area contributed by atoms with Gasteiger partial charge in [-0.2, -0.15) is 0 Å². The van der Waals surface area contributed by atoms with Crippen molar-refractivity contribution < 1.29 is 9.59 Å². The number of carbonyl (C=O) groups is 2. The van der Waals surface area contributed by atoms with Gasteiger partial charge < -0.3 is 0 Å². The maximum atomic E-state index is 13.0. The van der Waals surface area contributed by atoms with E-state index in [-0.39, 0.29) is 22.4 Å². The number of allylic oxidation sites excluding steroid dienone is 2. The van der Waals surface area contributed by atoms with Gasteiger partial charge in [-0.3, -0.25) is 9.59 Å². The van der Waals surface area contributed by atoms with Crippen molar-refractivity contribution in [2.24, 2.45) is 10.8 Å². The second-order valence-electron chi connectivity index (χ2n) is 8.62. The second kappa shape index (κ2) is 4.18. The van der Waals surface area contributed by atoms with Gasteiger partial charge in [-0.15, -0.1) is 0 Å². The van der Waals surface area contributed by atoms with Crippen LogP contribution in [0.3, 0.4) is 0 Å². The Bertz CT molecular complexity index is 710. The number of Topliss-reactive ketones (excluding diaryl/α,β-unsaturated/α-hetero) is 2. The zero-order chi connectivity index (χ0) is 16.5. The molecule has 22 heavy (non-hydrogen) atoms. The summed E-state index contributed by atoms with van der Waals surface area (Å²) < 4.78 is 0.